The van der Waals surface area contributed by atoms with Gasteiger partial charge in [0.1, 0.15) is 0 Å². The van der Waals surface area contributed by atoms with Crippen molar-refractivity contribution < 1.29 is 22.7 Å². The first kappa shape index (κ1) is 18.8. The highest BCUT2D eigenvalue weighted by molar-refractivity contribution is 7.89. The molecule has 0 saturated carbocycles. The highest BCUT2D eigenvalue weighted by Gasteiger charge is 2.54. The van der Waals surface area contributed by atoms with E-state index >= 15 is 0 Å². The first-order valence-electron chi connectivity index (χ1n) is 8.89. The van der Waals surface area contributed by atoms with Crippen molar-refractivity contribution >= 4 is 21.9 Å². The van der Waals surface area contributed by atoms with Crippen LogP contribution in [0.1, 0.15) is 26.2 Å². The molecular formula is C18H24N2O5S. The third kappa shape index (κ3) is 3.35. The van der Waals surface area contributed by atoms with Crippen LogP contribution in [-0.2, 0) is 24.3 Å². The Bertz CT molecular complexity index is 780. The average Bonchev–Trinajstić information content (AvgIpc) is 2.98. The predicted octanol–water partition coefficient (Wildman–Crippen LogP) is 1.16. The fourth-order valence-electron chi connectivity index (χ4n) is 3.99. The van der Waals surface area contributed by atoms with Crippen LogP contribution in [0.2, 0.25) is 0 Å². The Labute approximate surface area is 153 Å². The fraction of sp³-hybridized carbons (Fsp3) is 0.556. The lowest BCUT2D eigenvalue weighted by Gasteiger charge is -2.43. The topological polar surface area (TPSA) is 92.8 Å². The van der Waals surface area contributed by atoms with E-state index < -0.39 is 15.4 Å². The van der Waals surface area contributed by atoms with Gasteiger partial charge in [-0.15, -0.1) is 0 Å². The molecule has 0 aromatic heterocycles. The van der Waals surface area contributed by atoms with E-state index in [9.17, 15) is 18.0 Å². The molecule has 1 aromatic carbocycles. The summed E-state index contributed by atoms with van der Waals surface area (Å²) in [6, 6.07) is 8.23. The summed E-state index contributed by atoms with van der Waals surface area (Å²) in [4.78, 5) is 24.8. The molecule has 0 radical (unpaired) electrons. The van der Waals surface area contributed by atoms with Gasteiger partial charge in [0.2, 0.25) is 15.9 Å². The second kappa shape index (κ2) is 7.36. The summed E-state index contributed by atoms with van der Waals surface area (Å²) < 4.78 is 32.4. The molecule has 1 spiro atoms. The summed E-state index contributed by atoms with van der Waals surface area (Å²) in [6.45, 7) is 2.91. The number of rotatable bonds is 5. The van der Waals surface area contributed by atoms with E-state index in [1.807, 2.05) is 0 Å². The van der Waals surface area contributed by atoms with E-state index in [1.54, 1.807) is 37.3 Å². The summed E-state index contributed by atoms with van der Waals surface area (Å²) >= 11 is 0. The van der Waals surface area contributed by atoms with Crippen LogP contribution in [0.3, 0.4) is 0 Å². The molecule has 2 aliphatic heterocycles. The van der Waals surface area contributed by atoms with Crippen LogP contribution >= 0.6 is 0 Å². The van der Waals surface area contributed by atoms with Crippen molar-refractivity contribution in [1.82, 2.24) is 9.62 Å². The van der Waals surface area contributed by atoms with Gasteiger partial charge in [-0.2, -0.15) is 4.31 Å². The Morgan fingerprint density at radius 1 is 1.35 bits per heavy atom. The first-order valence-corrected chi connectivity index (χ1v) is 10.3. The van der Waals surface area contributed by atoms with Crippen LogP contribution in [0.5, 0.6) is 0 Å². The number of hydrogen-bond donors (Lipinski definition) is 1. The molecule has 8 heteroatoms. The molecule has 0 aliphatic carbocycles. The molecule has 0 bridgehead atoms. The van der Waals surface area contributed by atoms with Gasteiger partial charge in [0.05, 0.1) is 16.9 Å². The van der Waals surface area contributed by atoms with E-state index in [0.717, 1.165) is 0 Å². The molecular weight excluding hydrogens is 356 g/mol. The third-order valence-corrected chi connectivity index (χ3v) is 7.23. The van der Waals surface area contributed by atoms with Gasteiger partial charge in [-0.25, -0.2) is 8.42 Å². The van der Waals surface area contributed by atoms with Crippen molar-refractivity contribution in [2.24, 2.45) is 11.3 Å². The summed E-state index contributed by atoms with van der Waals surface area (Å²) in [5.41, 5.74) is -0.868. The van der Waals surface area contributed by atoms with Crippen molar-refractivity contribution in [2.75, 3.05) is 26.2 Å². The highest BCUT2D eigenvalue weighted by atomic mass is 32.2. The van der Waals surface area contributed by atoms with Crippen molar-refractivity contribution in [3.63, 3.8) is 0 Å². The molecule has 2 aliphatic rings. The van der Waals surface area contributed by atoms with Gasteiger partial charge in [0.15, 0.2) is 0 Å². The van der Waals surface area contributed by atoms with Crippen LogP contribution < -0.4 is 5.32 Å². The quantitative estimate of drug-likeness (QED) is 0.774. The zero-order valence-electron chi connectivity index (χ0n) is 14.8. The zero-order valence-corrected chi connectivity index (χ0v) is 15.6. The number of amides is 1. The molecule has 0 unspecified atom stereocenters. The van der Waals surface area contributed by atoms with Crippen LogP contribution in [0, 0.1) is 11.3 Å². The fourth-order valence-corrected chi connectivity index (χ4v) is 5.54. The monoisotopic (exact) mass is 380 g/mol. The normalized spacial score (nSPS) is 26.7. The molecule has 1 amide bonds. The zero-order chi connectivity index (χ0) is 18.8. The lowest BCUT2D eigenvalue weighted by molar-refractivity contribution is -0.147. The Hall–Kier alpha value is -1.93. The number of carbonyl (C=O) groups excluding carboxylic acids is 2. The summed E-state index contributed by atoms with van der Waals surface area (Å²) in [5.74, 6) is -0.720. The van der Waals surface area contributed by atoms with Crippen molar-refractivity contribution in [3.05, 3.63) is 30.3 Å². The van der Waals surface area contributed by atoms with Crippen LogP contribution in [0.25, 0.3) is 0 Å². The van der Waals surface area contributed by atoms with Crippen molar-refractivity contribution in [3.8, 4) is 0 Å². The highest BCUT2D eigenvalue weighted by Crippen LogP contribution is 2.44. The number of nitrogens with zero attached hydrogens (tertiary/aromatic N) is 1. The number of benzene rings is 1. The number of nitrogens with one attached hydrogen (secondary N) is 1. The van der Waals surface area contributed by atoms with E-state index in [2.05, 4.69) is 5.32 Å². The number of piperidine rings is 1. The Morgan fingerprint density at radius 2 is 2.08 bits per heavy atom. The molecule has 3 rings (SSSR count). The maximum atomic E-state index is 13.0. The maximum Gasteiger partial charge on any atom is 0.306 e. The van der Waals surface area contributed by atoms with Crippen LogP contribution in [0.4, 0.5) is 0 Å². The van der Waals surface area contributed by atoms with Crippen LogP contribution in [-0.4, -0.2) is 50.8 Å². The second-order valence-electron chi connectivity index (χ2n) is 6.81. The van der Waals surface area contributed by atoms with E-state index in [4.69, 9.17) is 4.74 Å². The number of esters is 1. The number of carbonyl (C=O) groups is 2. The minimum atomic E-state index is -3.67. The molecule has 1 aromatic rings. The van der Waals surface area contributed by atoms with Gasteiger partial charge in [-0.1, -0.05) is 18.2 Å². The Kier molecular flexibility index (Phi) is 5.34. The molecule has 142 valence electrons. The SMILES string of the molecule is CCOC(=O)C[C@H]1CCN(S(=O)(=O)c2ccccc2)C[C@]12CCNC2=O. The molecule has 7 nitrogen and oxygen atoms in total. The summed E-state index contributed by atoms with van der Waals surface area (Å²) in [6.07, 6.45) is 1.12. The maximum absolute atomic E-state index is 13.0. The van der Waals surface area contributed by atoms with E-state index in [1.165, 1.54) is 4.31 Å². The van der Waals surface area contributed by atoms with Gasteiger partial charge < -0.3 is 10.1 Å². The van der Waals surface area contributed by atoms with Crippen molar-refractivity contribution in [2.45, 2.75) is 31.1 Å². The van der Waals surface area contributed by atoms with Gasteiger partial charge >= 0.3 is 5.97 Å². The standard InChI is InChI=1S/C18H24N2O5S/c1-2-25-16(21)12-14-8-11-20(13-18(14)9-10-19-17(18)22)26(23,24)15-6-4-3-5-7-15/h3-7,14H,2,8-13H2,1H3,(H,19,22)/t14-,18-/m1/s1. The third-order valence-electron chi connectivity index (χ3n) is 5.38. The summed E-state index contributed by atoms with van der Waals surface area (Å²) in [7, 11) is -3.67. The molecule has 2 saturated heterocycles. The summed E-state index contributed by atoms with van der Waals surface area (Å²) in [5, 5.41) is 2.81. The van der Waals surface area contributed by atoms with E-state index in [0.29, 0.717) is 26.0 Å². The number of hydrogen-bond acceptors (Lipinski definition) is 5. The lowest BCUT2D eigenvalue weighted by atomic mass is 9.69. The molecule has 2 atom stereocenters. The number of sulfonamides is 1. The smallest absolute Gasteiger partial charge is 0.306 e. The Balaban J connectivity index is 1.87. The molecule has 2 fully saturated rings. The van der Waals surface area contributed by atoms with Gasteiger partial charge in [-0.05, 0) is 37.8 Å². The molecule has 2 heterocycles. The van der Waals surface area contributed by atoms with Gasteiger partial charge in [0.25, 0.3) is 0 Å². The molecule has 1 N–H and O–H groups in total. The van der Waals surface area contributed by atoms with Crippen molar-refractivity contribution in [1.29, 1.82) is 0 Å². The van der Waals surface area contributed by atoms with Crippen LogP contribution in [0.15, 0.2) is 35.2 Å². The number of ether oxygens (including phenoxy) is 1. The minimum Gasteiger partial charge on any atom is -0.466 e. The van der Waals surface area contributed by atoms with Gasteiger partial charge in [0, 0.05) is 26.1 Å². The van der Waals surface area contributed by atoms with E-state index in [-0.39, 0.29) is 42.2 Å². The predicted molar refractivity (Wildman–Crippen MR) is 94.6 cm³/mol. The largest absolute Gasteiger partial charge is 0.466 e. The minimum absolute atomic E-state index is 0.0974. The van der Waals surface area contributed by atoms with Gasteiger partial charge in [-0.3, -0.25) is 9.59 Å². The molecule has 26 heavy (non-hydrogen) atoms. The Morgan fingerprint density at radius 3 is 2.69 bits per heavy atom. The average molecular weight is 380 g/mol. The second-order valence-corrected chi connectivity index (χ2v) is 8.75. The lowest BCUT2D eigenvalue weighted by Crippen LogP contribution is -2.54. The first-order chi connectivity index (χ1) is 12.4.